The maximum absolute atomic E-state index is 12.6. The van der Waals surface area contributed by atoms with E-state index in [2.05, 4.69) is 29.2 Å². The number of para-hydroxylation sites is 1. The Labute approximate surface area is 152 Å². The molecular weight excluding hydrogens is 328 g/mol. The van der Waals surface area contributed by atoms with Gasteiger partial charge in [-0.15, -0.1) is 0 Å². The van der Waals surface area contributed by atoms with Crippen LogP contribution in [-0.4, -0.2) is 39.0 Å². The van der Waals surface area contributed by atoms with Crippen molar-refractivity contribution in [2.45, 2.75) is 45.4 Å². The molecule has 136 valence electrons. The quantitative estimate of drug-likeness (QED) is 0.773. The van der Waals surface area contributed by atoms with Crippen molar-refractivity contribution in [1.82, 2.24) is 20.0 Å². The number of fused-ring (bicyclic) bond motifs is 1. The van der Waals surface area contributed by atoms with Gasteiger partial charge in [-0.3, -0.25) is 4.79 Å². The van der Waals surface area contributed by atoms with Gasteiger partial charge < -0.3 is 14.4 Å². The average molecular weight is 352 g/mol. The number of benzene rings is 1. The minimum absolute atomic E-state index is 0.0421. The molecule has 0 saturated carbocycles. The van der Waals surface area contributed by atoms with Crippen molar-refractivity contribution >= 4 is 16.9 Å². The van der Waals surface area contributed by atoms with E-state index in [9.17, 15) is 4.79 Å². The van der Waals surface area contributed by atoms with Gasteiger partial charge in [0, 0.05) is 31.0 Å². The molecule has 4 rings (SSSR count). The summed E-state index contributed by atoms with van der Waals surface area (Å²) in [5.41, 5.74) is 3.73. The summed E-state index contributed by atoms with van der Waals surface area (Å²) in [6, 6.07) is 7.96. The number of hydrogen-bond acceptors (Lipinski definition) is 4. The van der Waals surface area contributed by atoms with E-state index in [1.165, 1.54) is 5.56 Å². The Bertz CT molecular complexity index is 932. The minimum Gasteiger partial charge on any atom is -0.360 e. The van der Waals surface area contributed by atoms with Gasteiger partial charge in [-0.2, -0.15) is 0 Å². The number of carbonyl (C=O) groups is 1. The largest absolute Gasteiger partial charge is 0.360 e. The number of carbonyl (C=O) groups excluding carboxylic acids is 1. The van der Waals surface area contributed by atoms with Crippen molar-refractivity contribution < 1.29 is 9.32 Å². The van der Waals surface area contributed by atoms with E-state index < -0.39 is 0 Å². The first kappa shape index (κ1) is 16.8. The zero-order chi connectivity index (χ0) is 18.3. The lowest BCUT2D eigenvalue weighted by Gasteiger charge is -2.30. The predicted octanol–water partition coefficient (Wildman–Crippen LogP) is 4.00. The topological polar surface area (TPSA) is 75.0 Å². The van der Waals surface area contributed by atoms with Crippen LogP contribution in [0.1, 0.15) is 66.2 Å². The van der Waals surface area contributed by atoms with Crippen molar-refractivity contribution in [1.29, 1.82) is 0 Å². The summed E-state index contributed by atoms with van der Waals surface area (Å²) < 4.78 is 5.26. The first-order valence-corrected chi connectivity index (χ1v) is 9.24. The number of nitrogens with one attached hydrogen (secondary N) is 1. The highest BCUT2D eigenvalue weighted by molar-refractivity contribution is 5.92. The molecule has 0 bridgehead atoms. The van der Waals surface area contributed by atoms with Crippen molar-refractivity contribution in [3.63, 3.8) is 0 Å². The van der Waals surface area contributed by atoms with E-state index in [-0.39, 0.29) is 11.8 Å². The Balaban J connectivity index is 1.44. The van der Waals surface area contributed by atoms with Crippen molar-refractivity contribution in [3.05, 3.63) is 47.1 Å². The fourth-order valence-electron chi connectivity index (χ4n) is 3.57. The van der Waals surface area contributed by atoms with E-state index in [1.54, 1.807) is 6.07 Å². The van der Waals surface area contributed by atoms with E-state index in [0.717, 1.165) is 35.5 Å². The van der Waals surface area contributed by atoms with Gasteiger partial charge in [-0.25, -0.2) is 4.98 Å². The predicted molar refractivity (Wildman–Crippen MR) is 99.3 cm³/mol. The van der Waals surface area contributed by atoms with Gasteiger partial charge in [0.1, 0.15) is 11.6 Å². The van der Waals surface area contributed by atoms with E-state index in [4.69, 9.17) is 9.51 Å². The molecule has 0 spiro atoms. The smallest absolute Gasteiger partial charge is 0.276 e. The third kappa shape index (κ3) is 3.00. The molecule has 1 aromatic carbocycles. The summed E-state index contributed by atoms with van der Waals surface area (Å²) >= 11 is 0. The number of likely N-dealkylation sites (tertiary alicyclic amines) is 1. The van der Waals surface area contributed by atoms with Crippen LogP contribution in [0.4, 0.5) is 0 Å². The highest BCUT2D eigenvalue weighted by Gasteiger charge is 2.28. The van der Waals surface area contributed by atoms with E-state index in [0.29, 0.717) is 24.7 Å². The molecule has 1 N–H and O–H groups in total. The highest BCUT2D eigenvalue weighted by atomic mass is 16.5. The number of rotatable bonds is 3. The van der Waals surface area contributed by atoms with Gasteiger partial charge in [0.2, 0.25) is 0 Å². The van der Waals surface area contributed by atoms with Crippen molar-refractivity contribution in [3.8, 4) is 0 Å². The summed E-state index contributed by atoms with van der Waals surface area (Å²) in [6.07, 6.45) is 1.80. The van der Waals surface area contributed by atoms with Crippen LogP contribution >= 0.6 is 0 Å². The van der Waals surface area contributed by atoms with Gasteiger partial charge in [-0.05, 0) is 31.4 Å². The normalized spacial score (nSPS) is 15.9. The Morgan fingerprint density at radius 3 is 2.73 bits per heavy atom. The molecule has 0 aliphatic carbocycles. The molecule has 2 aromatic heterocycles. The number of aromatic nitrogens is 3. The molecule has 3 aromatic rings. The maximum atomic E-state index is 12.6. The van der Waals surface area contributed by atoms with E-state index >= 15 is 0 Å². The third-order valence-electron chi connectivity index (χ3n) is 5.22. The number of aromatic amines is 1. The lowest BCUT2D eigenvalue weighted by molar-refractivity contribution is 0.0700. The van der Waals surface area contributed by atoms with Crippen molar-refractivity contribution in [2.75, 3.05) is 13.1 Å². The molecule has 1 aliphatic rings. The zero-order valence-corrected chi connectivity index (χ0v) is 15.5. The van der Waals surface area contributed by atoms with Crippen LogP contribution in [0.2, 0.25) is 0 Å². The Kier molecular flexibility index (Phi) is 4.26. The van der Waals surface area contributed by atoms with Gasteiger partial charge in [-0.1, -0.05) is 31.1 Å². The SMILES string of the molecule is Cc1cccc2[nH]c(C3CCN(C(=O)c4cc(C(C)C)on4)CC3)nc12. The molecule has 0 atom stereocenters. The number of nitrogens with zero attached hydrogens (tertiary/aromatic N) is 3. The second kappa shape index (κ2) is 6.59. The molecule has 0 radical (unpaired) electrons. The summed E-state index contributed by atoms with van der Waals surface area (Å²) in [4.78, 5) is 22.8. The molecule has 1 fully saturated rings. The van der Waals surface area contributed by atoms with Gasteiger partial charge in [0.05, 0.1) is 11.0 Å². The third-order valence-corrected chi connectivity index (χ3v) is 5.22. The second-order valence-corrected chi connectivity index (χ2v) is 7.43. The maximum Gasteiger partial charge on any atom is 0.276 e. The molecule has 0 unspecified atom stereocenters. The van der Waals surface area contributed by atoms with Crippen molar-refractivity contribution in [2.24, 2.45) is 0 Å². The van der Waals surface area contributed by atoms with Crippen LogP contribution < -0.4 is 0 Å². The van der Waals surface area contributed by atoms with Crippen LogP contribution in [0, 0.1) is 6.92 Å². The summed E-state index contributed by atoms with van der Waals surface area (Å²) in [7, 11) is 0. The summed E-state index contributed by atoms with van der Waals surface area (Å²) in [5.74, 6) is 2.33. The average Bonchev–Trinajstić information content (AvgIpc) is 3.29. The first-order valence-electron chi connectivity index (χ1n) is 9.24. The molecule has 6 heteroatoms. The van der Waals surface area contributed by atoms with Crippen LogP contribution in [0.25, 0.3) is 11.0 Å². The number of aryl methyl sites for hydroxylation is 1. The minimum atomic E-state index is -0.0421. The van der Waals surface area contributed by atoms with Gasteiger partial charge >= 0.3 is 0 Å². The van der Waals surface area contributed by atoms with Gasteiger partial charge in [0.25, 0.3) is 5.91 Å². The molecule has 1 aliphatic heterocycles. The lowest BCUT2D eigenvalue weighted by Crippen LogP contribution is -2.38. The molecule has 1 saturated heterocycles. The fourth-order valence-corrected chi connectivity index (χ4v) is 3.57. The first-order chi connectivity index (χ1) is 12.5. The van der Waals surface area contributed by atoms with Crippen LogP contribution in [0.5, 0.6) is 0 Å². The number of imidazole rings is 1. The number of piperidine rings is 1. The Morgan fingerprint density at radius 2 is 2.08 bits per heavy atom. The summed E-state index contributed by atoms with van der Waals surface area (Å²) in [5, 5.41) is 3.94. The van der Waals surface area contributed by atoms with Crippen LogP contribution in [0.3, 0.4) is 0 Å². The molecular formula is C20H24N4O2. The number of hydrogen-bond donors (Lipinski definition) is 1. The van der Waals surface area contributed by atoms with Crippen LogP contribution in [-0.2, 0) is 0 Å². The molecule has 3 heterocycles. The van der Waals surface area contributed by atoms with Crippen LogP contribution in [0.15, 0.2) is 28.8 Å². The molecule has 1 amide bonds. The highest BCUT2D eigenvalue weighted by Crippen LogP contribution is 2.29. The summed E-state index contributed by atoms with van der Waals surface area (Å²) in [6.45, 7) is 7.55. The van der Waals surface area contributed by atoms with E-state index in [1.807, 2.05) is 24.8 Å². The second-order valence-electron chi connectivity index (χ2n) is 7.43. The molecule has 26 heavy (non-hydrogen) atoms. The molecule has 6 nitrogen and oxygen atoms in total. The zero-order valence-electron chi connectivity index (χ0n) is 15.5. The fraction of sp³-hybridized carbons (Fsp3) is 0.450. The Morgan fingerprint density at radius 1 is 1.31 bits per heavy atom. The van der Waals surface area contributed by atoms with Gasteiger partial charge in [0.15, 0.2) is 5.69 Å². The standard InChI is InChI=1S/C20H24N4O2/c1-12(2)17-11-16(23-26-17)20(25)24-9-7-14(8-10-24)19-21-15-6-4-5-13(3)18(15)22-19/h4-6,11-12,14H,7-10H2,1-3H3,(H,21,22). The number of H-pyrrole nitrogens is 1. The Hall–Kier alpha value is -2.63. The lowest BCUT2D eigenvalue weighted by atomic mass is 9.96. The number of amides is 1. The monoisotopic (exact) mass is 352 g/mol.